The van der Waals surface area contributed by atoms with Crippen LogP contribution in [0.3, 0.4) is 0 Å². The third-order valence-electron chi connectivity index (χ3n) is 1.76. The predicted octanol–water partition coefficient (Wildman–Crippen LogP) is 3.15. The molecule has 0 aliphatic heterocycles. The highest BCUT2D eigenvalue weighted by Gasteiger charge is 1.93. The zero-order chi connectivity index (χ0) is 8.81. The number of aromatic hydroxyl groups is 1. The topological polar surface area (TPSA) is 20.2 Å². The Bertz CT molecular complexity index is 235. The number of alkyl halides is 1. The van der Waals surface area contributed by atoms with Crippen LogP contribution >= 0.6 is 22.6 Å². The van der Waals surface area contributed by atoms with Gasteiger partial charge in [-0.05, 0) is 41.4 Å². The van der Waals surface area contributed by atoms with Crippen LogP contribution in [0.4, 0.5) is 0 Å². The molecule has 0 aromatic heterocycles. The lowest BCUT2D eigenvalue weighted by molar-refractivity contribution is 0.474. The smallest absolute Gasteiger partial charge is 0.115 e. The largest absolute Gasteiger partial charge is 0.508 e. The Balaban J connectivity index is 2.41. The van der Waals surface area contributed by atoms with E-state index in [0.29, 0.717) is 5.75 Å². The Morgan fingerprint density at radius 2 is 2.08 bits per heavy atom. The molecule has 0 saturated carbocycles. The maximum absolute atomic E-state index is 9.17. The fourth-order valence-electron chi connectivity index (χ4n) is 1.14. The number of phenolic OH excluding ortho intramolecular Hbond substituents is 1. The van der Waals surface area contributed by atoms with Crippen molar-refractivity contribution in [2.75, 3.05) is 4.43 Å². The summed E-state index contributed by atoms with van der Waals surface area (Å²) in [7, 11) is 0. The second-order valence-electron chi connectivity index (χ2n) is 2.82. The maximum Gasteiger partial charge on any atom is 0.115 e. The molecule has 0 bridgehead atoms. The van der Waals surface area contributed by atoms with Crippen LogP contribution in [-0.4, -0.2) is 9.53 Å². The molecule has 1 aromatic rings. The highest BCUT2D eigenvalue weighted by molar-refractivity contribution is 14.1. The van der Waals surface area contributed by atoms with Gasteiger partial charge < -0.3 is 5.11 Å². The van der Waals surface area contributed by atoms with Gasteiger partial charge in [-0.2, -0.15) is 0 Å². The first kappa shape index (κ1) is 9.84. The molecule has 2 heteroatoms. The van der Waals surface area contributed by atoms with Crippen LogP contribution in [0, 0.1) is 0 Å². The molecule has 0 heterocycles. The van der Waals surface area contributed by atoms with Gasteiger partial charge in [0.25, 0.3) is 0 Å². The highest BCUT2D eigenvalue weighted by Crippen LogP contribution is 2.13. The monoisotopic (exact) mass is 276 g/mol. The summed E-state index contributed by atoms with van der Waals surface area (Å²) in [5, 5.41) is 9.17. The van der Waals surface area contributed by atoms with Gasteiger partial charge >= 0.3 is 0 Å². The lowest BCUT2D eigenvalue weighted by atomic mass is 10.1. The number of hydrogen-bond donors (Lipinski definition) is 1. The first-order valence-corrected chi connectivity index (χ1v) is 5.69. The Hall–Kier alpha value is -0.250. The summed E-state index contributed by atoms with van der Waals surface area (Å²) in [5.41, 5.74) is 1.24. The van der Waals surface area contributed by atoms with E-state index in [1.807, 2.05) is 12.1 Å². The van der Waals surface area contributed by atoms with E-state index < -0.39 is 0 Å². The number of hydrogen-bond acceptors (Lipinski definition) is 1. The third-order valence-corrected chi connectivity index (χ3v) is 2.52. The average Bonchev–Trinajstić information content (AvgIpc) is 2.05. The van der Waals surface area contributed by atoms with E-state index in [9.17, 15) is 0 Å². The van der Waals surface area contributed by atoms with Crippen molar-refractivity contribution in [3.8, 4) is 5.75 Å². The molecule has 0 spiro atoms. The molecule has 0 aliphatic carbocycles. The number of aryl methyl sites for hydroxylation is 1. The molecule has 0 atom stereocenters. The second-order valence-corrected chi connectivity index (χ2v) is 3.89. The minimum atomic E-state index is 0.377. The first-order chi connectivity index (χ1) is 5.83. The quantitative estimate of drug-likeness (QED) is 0.509. The van der Waals surface area contributed by atoms with Crippen LogP contribution in [0.2, 0.25) is 0 Å². The van der Waals surface area contributed by atoms with E-state index in [2.05, 4.69) is 28.7 Å². The lowest BCUT2D eigenvalue weighted by Gasteiger charge is -1.99. The number of phenols is 1. The van der Waals surface area contributed by atoms with Crippen molar-refractivity contribution < 1.29 is 5.11 Å². The molecular weight excluding hydrogens is 263 g/mol. The second kappa shape index (κ2) is 5.41. The average molecular weight is 276 g/mol. The van der Waals surface area contributed by atoms with Gasteiger partial charge in [0.2, 0.25) is 0 Å². The molecule has 0 aliphatic rings. The fourth-order valence-corrected chi connectivity index (χ4v) is 1.67. The van der Waals surface area contributed by atoms with E-state index in [0.717, 1.165) is 6.42 Å². The van der Waals surface area contributed by atoms with E-state index in [4.69, 9.17) is 5.11 Å². The van der Waals surface area contributed by atoms with Crippen LogP contribution in [0.5, 0.6) is 5.75 Å². The fraction of sp³-hybridized carbons (Fsp3) is 0.400. The Kier molecular flexibility index (Phi) is 4.43. The molecule has 1 N–H and O–H groups in total. The molecule has 0 fully saturated rings. The molecule has 1 rings (SSSR count). The Morgan fingerprint density at radius 3 is 2.75 bits per heavy atom. The van der Waals surface area contributed by atoms with E-state index in [1.54, 1.807) is 6.07 Å². The molecule has 0 radical (unpaired) electrons. The minimum Gasteiger partial charge on any atom is -0.508 e. The van der Waals surface area contributed by atoms with Crippen molar-refractivity contribution >= 4 is 22.6 Å². The predicted molar refractivity (Wildman–Crippen MR) is 59.9 cm³/mol. The standard InChI is InChI=1S/C10H13IO/c11-7-2-1-4-9-5-3-6-10(12)8-9/h3,5-6,8,12H,1-2,4,7H2. The third kappa shape index (κ3) is 3.43. The molecule has 0 unspecified atom stereocenters. The summed E-state index contributed by atoms with van der Waals surface area (Å²) in [6.07, 6.45) is 3.56. The summed E-state index contributed by atoms with van der Waals surface area (Å²) in [6, 6.07) is 7.51. The van der Waals surface area contributed by atoms with E-state index in [-0.39, 0.29) is 0 Å². The SMILES string of the molecule is Oc1cccc(CCCCI)c1. The maximum atomic E-state index is 9.17. The highest BCUT2D eigenvalue weighted by atomic mass is 127. The van der Waals surface area contributed by atoms with Gasteiger partial charge in [0.15, 0.2) is 0 Å². The van der Waals surface area contributed by atoms with Crippen LogP contribution in [0.25, 0.3) is 0 Å². The number of halogens is 1. The Morgan fingerprint density at radius 1 is 1.25 bits per heavy atom. The normalized spacial score (nSPS) is 10.1. The summed E-state index contributed by atoms with van der Waals surface area (Å²) < 4.78 is 1.22. The summed E-state index contributed by atoms with van der Waals surface area (Å²) >= 11 is 2.39. The molecule has 1 aromatic carbocycles. The van der Waals surface area contributed by atoms with Crippen LogP contribution < -0.4 is 0 Å². The summed E-state index contributed by atoms with van der Waals surface area (Å²) in [4.78, 5) is 0. The molecule has 0 saturated heterocycles. The number of benzene rings is 1. The van der Waals surface area contributed by atoms with E-state index in [1.165, 1.54) is 22.8 Å². The zero-order valence-electron chi connectivity index (χ0n) is 6.96. The van der Waals surface area contributed by atoms with Gasteiger partial charge in [0, 0.05) is 0 Å². The number of unbranched alkanes of at least 4 members (excludes halogenated alkanes) is 1. The summed E-state index contributed by atoms with van der Waals surface area (Å²) in [5.74, 6) is 0.377. The Labute approximate surface area is 86.9 Å². The van der Waals surface area contributed by atoms with Crippen molar-refractivity contribution in [3.05, 3.63) is 29.8 Å². The van der Waals surface area contributed by atoms with Crippen LogP contribution in [-0.2, 0) is 6.42 Å². The van der Waals surface area contributed by atoms with Crippen molar-refractivity contribution in [1.82, 2.24) is 0 Å². The molecule has 12 heavy (non-hydrogen) atoms. The van der Waals surface area contributed by atoms with Crippen LogP contribution in [0.1, 0.15) is 18.4 Å². The molecular formula is C10H13IO. The first-order valence-electron chi connectivity index (χ1n) is 4.17. The van der Waals surface area contributed by atoms with Gasteiger partial charge in [-0.1, -0.05) is 34.7 Å². The van der Waals surface area contributed by atoms with E-state index >= 15 is 0 Å². The van der Waals surface area contributed by atoms with Gasteiger partial charge in [0.1, 0.15) is 5.75 Å². The minimum absolute atomic E-state index is 0.377. The lowest BCUT2D eigenvalue weighted by Crippen LogP contribution is -1.85. The molecule has 0 amide bonds. The van der Waals surface area contributed by atoms with Gasteiger partial charge in [0.05, 0.1) is 0 Å². The van der Waals surface area contributed by atoms with Gasteiger partial charge in [-0.3, -0.25) is 0 Å². The number of rotatable bonds is 4. The zero-order valence-corrected chi connectivity index (χ0v) is 9.12. The van der Waals surface area contributed by atoms with Gasteiger partial charge in [-0.25, -0.2) is 0 Å². The van der Waals surface area contributed by atoms with Crippen molar-refractivity contribution in [3.63, 3.8) is 0 Å². The summed E-state index contributed by atoms with van der Waals surface area (Å²) in [6.45, 7) is 0. The molecule has 66 valence electrons. The van der Waals surface area contributed by atoms with Gasteiger partial charge in [-0.15, -0.1) is 0 Å². The van der Waals surface area contributed by atoms with Crippen molar-refractivity contribution in [2.45, 2.75) is 19.3 Å². The molecule has 1 nitrogen and oxygen atoms in total. The van der Waals surface area contributed by atoms with Crippen molar-refractivity contribution in [1.29, 1.82) is 0 Å². The van der Waals surface area contributed by atoms with Crippen LogP contribution in [0.15, 0.2) is 24.3 Å². The van der Waals surface area contributed by atoms with Crippen molar-refractivity contribution in [2.24, 2.45) is 0 Å².